The summed E-state index contributed by atoms with van der Waals surface area (Å²) in [4.78, 5) is 12.6. The lowest BCUT2D eigenvalue weighted by Gasteiger charge is -2.17. The quantitative estimate of drug-likeness (QED) is 0.804. The zero-order valence-electron chi connectivity index (χ0n) is 13.4. The summed E-state index contributed by atoms with van der Waals surface area (Å²) < 4.78 is 10.6. The number of ether oxygens (including phenoxy) is 2. The Hall–Kier alpha value is -3.06. The predicted molar refractivity (Wildman–Crippen MR) is 91.2 cm³/mol. The number of aryl methyl sites for hydroxylation is 1. The Balaban J connectivity index is 1.89. The summed E-state index contributed by atoms with van der Waals surface area (Å²) in [6, 6.07) is 15.1. The van der Waals surface area contributed by atoms with Crippen LogP contribution in [-0.2, 0) is 6.42 Å². The van der Waals surface area contributed by atoms with E-state index < -0.39 is 0 Å². The summed E-state index contributed by atoms with van der Waals surface area (Å²) in [6.45, 7) is -0.0356. The molecule has 0 atom stereocenters. The van der Waals surface area contributed by atoms with E-state index in [0.717, 1.165) is 35.1 Å². The van der Waals surface area contributed by atoms with Crippen LogP contribution >= 0.6 is 0 Å². The molecule has 1 aliphatic rings. The zero-order chi connectivity index (χ0) is 16.9. The zero-order valence-corrected chi connectivity index (χ0v) is 13.4. The van der Waals surface area contributed by atoms with Crippen molar-refractivity contribution < 1.29 is 14.3 Å². The van der Waals surface area contributed by atoms with Crippen LogP contribution in [0.4, 0.5) is 0 Å². The van der Waals surface area contributed by atoms with Crippen molar-refractivity contribution in [3.63, 3.8) is 0 Å². The molecule has 4 nitrogen and oxygen atoms in total. The van der Waals surface area contributed by atoms with Crippen molar-refractivity contribution in [3.8, 4) is 17.6 Å². The lowest BCUT2D eigenvalue weighted by Crippen LogP contribution is -2.13. The van der Waals surface area contributed by atoms with Gasteiger partial charge in [0, 0.05) is 11.1 Å². The molecule has 3 rings (SSSR count). The Morgan fingerprint density at radius 3 is 2.79 bits per heavy atom. The fourth-order valence-electron chi connectivity index (χ4n) is 2.86. The number of nitrogens with zero attached hydrogens (tertiary/aromatic N) is 1. The molecule has 120 valence electrons. The Labute approximate surface area is 140 Å². The summed E-state index contributed by atoms with van der Waals surface area (Å²) in [5, 5.41) is 8.61. The van der Waals surface area contributed by atoms with Gasteiger partial charge in [0.15, 0.2) is 23.9 Å². The molecule has 4 heteroatoms. The van der Waals surface area contributed by atoms with Crippen LogP contribution in [0.15, 0.2) is 48.0 Å². The highest BCUT2D eigenvalue weighted by Crippen LogP contribution is 2.31. The third kappa shape index (κ3) is 3.16. The number of hydrogen-bond donors (Lipinski definition) is 0. The van der Waals surface area contributed by atoms with Crippen LogP contribution in [0.25, 0.3) is 6.08 Å². The minimum absolute atomic E-state index is 0.0356. The van der Waals surface area contributed by atoms with Gasteiger partial charge in [-0.2, -0.15) is 5.26 Å². The van der Waals surface area contributed by atoms with Gasteiger partial charge in [0.2, 0.25) is 0 Å². The molecule has 1 aliphatic carbocycles. The van der Waals surface area contributed by atoms with Crippen LogP contribution < -0.4 is 9.47 Å². The molecule has 0 saturated heterocycles. The first kappa shape index (κ1) is 15.8. The summed E-state index contributed by atoms with van der Waals surface area (Å²) in [7, 11) is 1.55. The van der Waals surface area contributed by atoms with Gasteiger partial charge in [-0.25, -0.2) is 0 Å². The van der Waals surface area contributed by atoms with Crippen molar-refractivity contribution in [3.05, 3.63) is 64.7 Å². The molecule has 0 amide bonds. The number of fused-ring (bicyclic) bond motifs is 1. The summed E-state index contributed by atoms with van der Waals surface area (Å²) in [5.74, 6) is 1.14. The largest absolute Gasteiger partial charge is 0.493 e. The molecule has 0 radical (unpaired) electrons. The maximum atomic E-state index is 12.6. The molecule has 0 aromatic heterocycles. The number of allylic oxidation sites excluding steroid dienone is 1. The average molecular weight is 319 g/mol. The summed E-state index contributed by atoms with van der Waals surface area (Å²) >= 11 is 0. The molecule has 24 heavy (non-hydrogen) atoms. The van der Waals surface area contributed by atoms with Crippen molar-refractivity contribution in [1.29, 1.82) is 5.26 Å². The lowest BCUT2D eigenvalue weighted by molar-refractivity contribution is 0.102. The number of nitriles is 1. The number of hydrogen-bond acceptors (Lipinski definition) is 4. The Morgan fingerprint density at radius 1 is 1.17 bits per heavy atom. The first-order valence-electron chi connectivity index (χ1n) is 7.74. The van der Waals surface area contributed by atoms with Gasteiger partial charge < -0.3 is 9.47 Å². The van der Waals surface area contributed by atoms with Gasteiger partial charge in [-0.05, 0) is 42.2 Å². The van der Waals surface area contributed by atoms with Gasteiger partial charge in [-0.15, -0.1) is 0 Å². The number of Topliss-reactive ketones (excluding diaryl/α,β-unsaturated/α-hetero) is 1. The van der Waals surface area contributed by atoms with Gasteiger partial charge in [-0.3, -0.25) is 4.79 Å². The van der Waals surface area contributed by atoms with Gasteiger partial charge in [0.05, 0.1) is 7.11 Å². The van der Waals surface area contributed by atoms with E-state index in [2.05, 4.69) is 0 Å². The minimum Gasteiger partial charge on any atom is -0.493 e. The van der Waals surface area contributed by atoms with Crippen LogP contribution in [0.5, 0.6) is 11.5 Å². The molecule has 0 bridgehead atoms. The SMILES string of the molecule is COc1cc(C=C2CCc3ccccc3C2=O)ccc1OCC#N. The molecule has 0 spiro atoms. The fraction of sp³-hybridized carbons (Fsp3) is 0.200. The van der Waals surface area contributed by atoms with E-state index in [4.69, 9.17) is 14.7 Å². The Bertz CT molecular complexity index is 846. The number of rotatable bonds is 4. The van der Waals surface area contributed by atoms with Gasteiger partial charge in [0.25, 0.3) is 0 Å². The predicted octanol–water partition coefficient (Wildman–Crippen LogP) is 3.81. The molecule has 0 fully saturated rings. The fourth-order valence-corrected chi connectivity index (χ4v) is 2.86. The number of carbonyl (C=O) groups is 1. The maximum Gasteiger partial charge on any atom is 0.189 e. The third-order valence-corrected chi connectivity index (χ3v) is 4.04. The Kier molecular flexibility index (Phi) is 4.62. The molecule has 2 aromatic rings. The van der Waals surface area contributed by atoms with Crippen LogP contribution in [0.3, 0.4) is 0 Å². The van der Waals surface area contributed by atoms with E-state index in [9.17, 15) is 4.79 Å². The van der Waals surface area contributed by atoms with E-state index in [-0.39, 0.29) is 12.4 Å². The smallest absolute Gasteiger partial charge is 0.189 e. The van der Waals surface area contributed by atoms with Crippen molar-refractivity contribution >= 4 is 11.9 Å². The second-order valence-corrected chi connectivity index (χ2v) is 5.51. The molecule has 0 aliphatic heterocycles. The van der Waals surface area contributed by atoms with Crippen molar-refractivity contribution in [2.75, 3.05) is 13.7 Å². The highest BCUT2D eigenvalue weighted by Gasteiger charge is 2.21. The normalized spacial score (nSPS) is 14.8. The number of methoxy groups -OCH3 is 1. The molecule has 0 N–H and O–H groups in total. The minimum atomic E-state index is -0.0356. The van der Waals surface area contributed by atoms with E-state index in [1.54, 1.807) is 13.2 Å². The summed E-state index contributed by atoms with van der Waals surface area (Å²) in [6.07, 6.45) is 3.49. The van der Waals surface area contributed by atoms with Crippen molar-refractivity contribution in [2.24, 2.45) is 0 Å². The van der Waals surface area contributed by atoms with Crippen LogP contribution in [0.2, 0.25) is 0 Å². The van der Waals surface area contributed by atoms with Crippen molar-refractivity contribution in [2.45, 2.75) is 12.8 Å². The molecule has 0 heterocycles. The van der Waals surface area contributed by atoms with Crippen LogP contribution in [0.1, 0.15) is 27.9 Å². The third-order valence-electron chi connectivity index (χ3n) is 4.04. The van der Waals surface area contributed by atoms with Gasteiger partial charge in [-0.1, -0.05) is 30.3 Å². The number of carbonyl (C=O) groups excluding carboxylic acids is 1. The van der Waals surface area contributed by atoms with Crippen molar-refractivity contribution in [1.82, 2.24) is 0 Å². The second-order valence-electron chi connectivity index (χ2n) is 5.51. The second kappa shape index (κ2) is 7.01. The molecular formula is C20H17NO3. The summed E-state index contributed by atoms with van der Waals surface area (Å²) in [5.41, 5.74) is 3.56. The molecule has 0 unspecified atom stereocenters. The molecule has 0 saturated carbocycles. The topological polar surface area (TPSA) is 59.3 Å². The standard InChI is InChI=1S/C20H17NO3/c1-23-19-13-14(6-9-18(19)24-11-10-21)12-16-8-7-15-4-2-3-5-17(15)20(16)22/h2-6,9,12-13H,7-8,11H2,1H3. The van der Waals surface area contributed by atoms with Crippen LogP contribution in [0, 0.1) is 11.3 Å². The lowest BCUT2D eigenvalue weighted by atomic mass is 9.86. The highest BCUT2D eigenvalue weighted by atomic mass is 16.5. The average Bonchev–Trinajstić information content (AvgIpc) is 2.63. The monoisotopic (exact) mass is 319 g/mol. The molecular weight excluding hydrogens is 302 g/mol. The highest BCUT2D eigenvalue weighted by molar-refractivity contribution is 6.13. The van der Waals surface area contributed by atoms with E-state index in [1.165, 1.54) is 0 Å². The first-order valence-corrected chi connectivity index (χ1v) is 7.74. The Morgan fingerprint density at radius 2 is 2.00 bits per heavy atom. The van der Waals surface area contributed by atoms with E-state index >= 15 is 0 Å². The van der Waals surface area contributed by atoms with E-state index in [0.29, 0.717) is 11.5 Å². The number of ketones is 1. The maximum absolute atomic E-state index is 12.6. The van der Waals surface area contributed by atoms with Gasteiger partial charge in [0.1, 0.15) is 6.07 Å². The first-order chi connectivity index (χ1) is 11.7. The molecule has 2 aromatic carbocycles. The number of benzene rings is 2. The van der Waals surface area contributed by atoms with Crippen LogP contribution in [-0.4, -0.2) is 19.5 Å². The van der Waals surface area contributed by atoms with Gasteiger partial charge >= 0.3 is 0 Å². The van der Waals surface area contributed by atoms with E-state index in [1.807, 2.05) is 48.5 Å².